The summed E-state index contributed by atoms with van der Waals surface area (Å²) in [6.45, 7) is 0.922. The molecule has 5 aromatic carbocycles. The zero-order valence-corrected chi connectivity index (χ0v) is 34.9. The first-order chi connectivity index (χ1) is 29.6. The van der Waals surface area contributed by atoms with Crippen LogP contribution in [0, 0.1) is 23.2 Å². The van der Waals surface area contributed by atoms with Gasteiger partial charge >= 0.3 is 5.97 Å². The number of amides is 1. The van der Waals surface area contributed by atoms with Gasteiger partial charge in [0.25, 0.3) is 0 Å². The molecule has 0 bridgehead atoms. The Hall–Kier alpha value is -6.40. The number of aliphatic carboxylic acids is 1. The van der Waals surface area contributed by atoms with Crippen molar-refractivity contribution in [3.05, 3.63) is 175 Å². The number of thiophene rings is 1. The molecule has 8 rings (SSSR count). The first kappa shape index (κ1) is 41.3. The van der Waals surface area contributed by atoms with Gasteiger partial charge < -0.3 is 19.9 Å². The van der Waals surface area contributed by atoms with Gasteiger partial charge in [-0.1, -0.05) is 95.7 Å². The van der Waals surface area contributed by atoms with Crippen LogP contribution in [-0.2, 0) is 46.8 Å². The molecule has 3 atom stereocenters. The monoisotopic (exact) mass is 865 g/mol. The van der Waals surface area contributed by atoms with E-state index in [1.54, 1.807) is 47.7 Å². The quantitative estimate of drug-likeness (QED) is 0.124. The molecule has 0 radical (unpaired) electrons. The summed E-state index contributed by atoms with van der Waals surface area (Å²) >= 11 is 13.7. The lowest BCUT2D eigenvalue weighted by Gasteiger charge is -2.36. The highest BCUT2D eigenvalue weighted by molar-refractivity contribution is 7.08. The second-order valence-electron chi connectivity index (χ2n) is 14.9. The molecular weight excluding hydrogens is 830 g/mol. The van der Waals surface area contributed by atoms with Gasteiger partial charge in [-0.2, -0.15) is 16.6 Å². The number of benzene rings is 5. The van der Waals surface area contributed by atoms with Gasteiger partial charge in [0.1, 0.15) is 24.1 Å². The Morgan fingerprint density at radius 2 is 1.62 bits per heavy atom. The second kappa shape index (κ2) is 18.5. The van der Waals surface area contributed by atoms with Crippen molar-refractivity contribution in [3.63, 3.8) is 0 Å². The van der Waals surface area contributed by atoms with Crippen molar-refractivity contribution in [2.45, 2.75) is 50.6 Å². The first-order valence-corrected chi connectivity index (χ1v) is 21.2. The number of rotatable bonds is 11. The van der Waals surface area contributed by atoms with E-state index in [0.29, 0.717) is 52.2 Å². The van der Waals surface area contributed by atoms with Crippen LogP contribution in [0.3, 0.4) is 0 Å². The van der Waals surface area contributed by atoms with E-state index in [4.69, 9.17) is 37.9 Å². The Morgan fingerprint density at radius 1 is 0.885 bits per heavy atom. The summed E-state index contributed by atoms with van der Waals surface area (Å²) < 4.78 is 12.3. The number of carbonyl (C=O) groups is 3. The number of hydrogen-bond donors (Lipinski definition) is 2. The maximum atomic E-state index is 14.1. The van der Waals surface area contributed by atoms with Crippen molar-refractivity contribution in [1.29, 1.82) is 5.26 Å². The number of halogens is 2. The first-order valence-electron chi connectivity index (χ1n) is 19.5. The van der Waals surface area contributed by atoms with Gasteiger partial charge in [0, 0.05) is 41.5 Å². The van der Waals surface area contributed by atoms with Crippen molar-refractivity contribution in [2.24, 2.45) is 0 Å². The molecule has 61 heavy (non-hydrogen) atoms. The van der Waals surface area contributed by atoms with Crippen LogP contribution < -0.4 is 14.8 Å². The number of nitriles is 1. The fourth-order valence-corrected chi connectivity index (χ4v) is 8.42. The molecule has 12 heteroatoms. The van der Waals surface area contributed by atoms with Crippen LogP contribution in [0.25, 0.3) is 11.1 Å². The van der Waals surface area contributed by atoms with Crippen molar-refractivity contribution in [2.75, 3.05) is 6.54 Å². The van der Waals surface area contributed by atoms with E-state index in [1.165, 1.54) is 0 Å². The van der Waals surface area contributed by atoms with E-state index in [9.17, 15) is 19.5 Å². The lowest BCUT2D eigenvalue weighted by Crippen LogP contribution is -2.54. The number of nitrogens with one attached hydrogen (secondary N) is 1. The van der Waals surface area contributed by atoms with Crippen LogP contribution in [-0.4, -0.2) is 46.3 Å². The average Bonchev–Trinajstić information content (AvgIpc) is 3.80. The highest BCUT2D eigenvalue weighted by Crippen LogP contribution is 2.38. The number of carboxylic acid groups (broad SMARTS) is 1. The third-order valence-electron chi connectivity index (χ3n) is 10.8. The van der Waals surface area contributed by atoms with E-state index in [1.807, 2.05) is 88.5 Å². The molecule has 304 valence electrons. The van der Waals surface area contributed by atoms with Crippen LogP contribution in [0.15, 0.2) is 120 Å². The van der Waals surface area contributed by atoms with E-state index in [2.05, 4.69) is 23.2 Å². The Kier molecular flexibility index (Phi) is 12.5. The number of ether oxygens (including phenoxy) is 2. The van der Waals surface area contributed by atoms with E-state index >= 15 is 0 Å². The van der Waals surface area contributed by atoms with Crippen molar-refractivity contribution >= 4 is 52.2 Å². The number of hydrogen-bond acceptors (Lipinski definition) is 8. The molecule has 0 saturated heterocycles. The van der Waals surface area contributed by atoms with Crippen LogP contribution in [0.5, 0.6) is 11.5 Å². The molecule has 1 unspecified atom stereocenters. The molecule has 1 amide bonds. The number of fused-ring (bicyclic) bond motifs is 2. The average molecular weight is 867 g/mol. The Balaban J connectivity index is 0.973. The normalized spacial score (nSPS) is 16.1. The largest absolute Gasteiger partial charge is 0.489 e. The molecule has 9 nitrogen and oxygen atoms in total. The SMILES string of the molecule is N#Cc1ccc(-c2ccc(C[C@H](NC(=O)[C@@H]3Cc4cc5c(cc4CN3CC#Cc3ccsc3)OC(c3ccc(OCc4ccc(Cl)c(Cl)c4)cc3)C(=O)C5)C(=O)O)cc2)cc1. The van der Waals surface area contributed by atoms with Crippen LogP contribution in [0.2, 0.25) is 10.0 Å². The molecule has 2 N–H and O–H groups in total. The van der Waals surface area contributed by atoms with Gasteiger partial charge in [-0.25, -0.2) is 4.79 Å². The van der Waals surface area contributed by atoms with Gasteiger partial charge in [-0.15, -0.1) is 0 Å². The summed E-state index contributed by atoms with van der Waals surface area (Å²) in [5.74, 6) is 5.95. The molecule has 0 fully saturated rings. The Labute approximate surface area is 367 Å². The number of ketones is 1. The molecule has 6 aromatic rings. The molecule has 2 aliphatic heterocycles. The van der Waals surface area contributed by atoms with E-state index in [-0.39, 0.29) is 25.2 Å². The van der Waals surface area contributed by atoms with Crippen LogP contribution >= 0.6 is 34.5 Å². The molecular formula is C49H37Cl2N3O6S. The van der Waals surface area contributed by atoms with E-state index in [0.717, 1.165) is 44.5 Å². The predicted molar refractivity (Wildman–Crippen MR) is 235 cm³/mol. The summed E-state index contributed by atoms with van der Waals surface area (Å²) in [7, 11) is 0. The Bertz CT molecular complexity index is 2700. The third kappa shape index (κ3) is 9.81. The summed E-state index contributed by atoms with van der Waals surface area (Å²) in [5, 5.41) is 27.0. The van der Waals surface area contributed by atoms with Crippen molar-refractivity contribution < 1.29 is 29.0 Å². The van der Waals surface area contributed by atoms with E-state index < -0.39 is 30.1 Å². The Morgan fingerprint density at radius 3 is 2.31 bits per heavy atom. The fourth-order valence-electron chi connectivity index (χ4n) is 7.51. The topological polar surface area (TPSA) is 129 Å². The van der Waals surface area contributed by atoms with Gasteiger partial charge in [0.2, 0.25) is 5.91 Å². The lowest BCUT2D eigenvalue weighted by atomic mass is 9.88. The molecule has 1 aromatic heterocycles. The van der Waals surface area contributed by atoms with Crippen LogP contribution in [0.1, 0.15) is 50.6 Å². The molecule has 0 spiro atoms. The summed E-state index contributed by atoms with van der Waals surface area (Å²) in [6, 6.07) is 33.3. The summed E-state index contributed by atoms with van der Waals surface area (Å²) in [6.07, 6.45) is -0.273. The number of carboxylic acids is 1. The highest BCUT2D eigenvalue weighted by Gasteiger charge is 2.36. The highest BCUT2D eigenvalue weighted by atomic mass is 35.5. The summed E-state index contributed by atoms with van der Waals surface area (Å²) in [5.41, 5.74) is 8.18. The molecule has 0 saturated carbocycles. The minimum Gasteiger partial charge on any atom is -0.489 e. The molecule has 2 aliphatic rings. The van der Waals surface area contributed by atoms with Gasteiger partial charge in [0.05, 0.1) is 34.3 Å². The minimum atomic E-state index is -1.18. The summed E-state index contributed by atoms with van der Waals surface area (Å²) in [4.78, 5) is 42.2. The maximum absolute atomic E-state index is 14.1. The zero-order chi connectivity index (χ0) is 42.5. The number of carbonyl (C=O) groups excluding carboxylic acids is 2. The maximum Gasteiger partial charge on any atom is 0.326 e. The molecule has 0 aliphatic carbocycles. The second-order valence-corrected chi connectivity index (χ2v) is 16.5. The smallest absolute Gasteiger partial charge is 0.326 e. The molecule has 3 heterocycles. The standard InChI is InChI=1S/C49H37Cl2N3O6S/c50-41-16-7-33(20-42(41)51)28-59-40-14-12-36(13-15-40)47-45(55)24-38-22-37-23-44(54(27-39(37)25-46(38)60-47)18-1-2-32-17-19-61-29-32)48(56)53-43(49(57)58)21-30-3-8-34(9-4-30)35-10-5-31(26-52)6-11-35/h3-17,19-20,22,25,29,43-44,47H,18,21,23-24,27-28H2,(H,53,56)(H,57,58)/t43-,44-,47?/m0/s1. The third-order valence-corrected chi connectivity index (χ3v) is 12.2. The minimum absolute atomic E-state index is 0.0819. The predicted octanol–water partition coefficient (Wildman–Crippen LogP) is 9.01. The van der Waals surface area contributed by atoms with Crippen molar-refractivity contribution in [1.82, 2.24) is 10.2 Å². The van der Waals surface area contributed by atoms with Crippen molar-refractivity contribution in [3.8, 4) is 40.5 Å². The van der Waals surface area contributed by atoms with Gasteiger partial charge in [-0.3, -0.25) is 14.5 Å². The van der Waals surface area contributed by atoms with Gasteiger partial charge in [-0.05, 0) is 93.7 Å². The fraction of sp³-hybridized carbons (Fsp3) is 0.184. The lowest BCUT2D eigenvalue weighted by molar-refractivity contribution is -0.142. The number of Topliss-reactive ketones (excluding diaryl/α,β-unsaturated/α-hetero) is 1. The zero-order valence-electron chi connectivity index (χ0n) is 32.6. The van der Waals surface area contributed by atoms with Gasteiger partial charge in [0.15, 0.2) is 11.9 Å². The number of nitrogens with zero attached hydrogens (tertiary/aromatic N) is 2. The van der Waals surface area contributed by atoms with Crippen LogP contribution in [0.4, 0.5) is 0 Å².